The monoisotopic (exact) mass is 570 g/mol. The summed E-state index contributed by atoms with van der Waals surface area (Å²) in [4.78, 5) is 0. The summed E-state index contributed by atoms with van der Waals surface area (Å²) in [6, 6.07) is 4.80. The molecule has 0 radical (unpaired) electrons. The standard InChI is InChI=1S/C30H52Br2/c1-5-7-9-11-13-15-17-19-21-25(3)27-23-30(32)28(24-29(27)31)26(4)22-20-18-16-14-12-10-8-6-2/h23-26H,5-22H2,1-4H3. The largest absolute Gasteiger partial charge is 0.0654 e. The van der Waals surface area contributed by atoms with E-state index in [4.69, 9.17) is 0 Å². The fourth-order valence-electron chi connectivity index (χ4n) is 4.81. The van der Waals surface area contributed by atoms with E-state index in [-0.39, 0.29) is 0 Å². The Balaban J connectivity index is 2.35. The highest BCUT2D eigenvalue weighted by molar-refractivity contribution is 9.11. The van der Waals surface area contributed by atoms with E-state index in [1.807, 2.05) is 0 Å². The van der Waals surface area contributed by atoms with Crippen molar-refractivity contribution in [3.8, 4) is 0 Å². The first-order chi connectivity index (χ1) is 15.5. The SMILES string of the molecule is CCCCCCCCCCC(C)c1cc(Br)c(C(C)CCCCCCCCCC)cc1Br. The number of halogens is 2. The molecule has 0 N–H and O–H groups in total. The maximum atomic E-state index is 3.91. The number of hydrogen-bond donors (Lipinski definition) is 0. The molecule has 186 valence electrons. The van der Waals surface area contributed by atoms with Crippen LogP contribution in [-0.2, 0) is 0 Å². The van der Waals surface area contributed by atoms with Crippen molar-refractivity contribution in [2.75, 3.05) is 0 Å². The van der Waals surface area contributed by atoms with Crippen LogP contribution in [0.2, 0.25) is 0 Å². The number of hydrogen-bond acceptors (Lipinski definition) is 0. The molecule has 0 aliphatic heterocycles. The van der Waals surface area contributed by atoms with Gasteiger partial charge in [0.05, 0.1) is 0 Å². The highest BCUT2D eigenvalue weighted by atomic mass is 79.9. The number of unbranched alkanes of at least 4 members (excludes halogenated alkanes) is 14. The lowest BCUT2D eigenvalue weighted by Crippen LogP contribution is -2.01. The zero-order valence-corrected chi connectivity index (χ0v) is 25.0. The molecular formula is C30H52Br2. The summed E-state index contributed by atoms with van der Waals surface area (Å²) in [7, 11) is 0. The minimum absolute atomic E-state index is 0.623. The molecule has 32 heavy (non-hydrogen) atoms. The van der Waals surface area contributed by atoms with E-state index in [1.165, 1.54) is 136 Å². The van der Waals surface area contributed by atoms with Crippen molar-refractivity contribution >= 4 is 31.9 Å². The van der Waals surface area contributed by atoms with Crippen LogP contribution in [0.15, 0.2) is 21.1 Å². The lowest BCUT2D eigenvalue weighted by Gasteiger charge is -2.19. The van der Waals surface area contributed by atoms with E-state index in [2.05, 4.69) is 71.7 Å². The highest BCUT2D eigenvalue weighted by Crippen LogP contribution is 2.37. The molecule has 0 aromatic heterocycles. The van der Waals surface area contributed by atoms with Gasteiger partial charge >= 0.3 is 0 Å². The summed E-state index contributed by atoms with van der Waals surface area (Å²) >= 11 is 7.82. The van der Waals surface area contributed by atoms with E-state index >= 15 is 0 Å². The normalized spacial score (nSPS) is 13.4. The van der Waals surface area contributed by atoms with Crippen LogP contribution in [0.3, 0.4) is 0 Å². The van der Waals surface area contributed by atoms with E-state index in [0.29, 0.717) is 11.8 Å². The first-order valence-electron chi connectivity index (χ1n) is 14.0. The Hall–Kier alpha value is 0.180. The van der Waals surface area contributed by atoms with Crippen molar-refractivity contribution in [3.63, 3.8) is 0 Å². The van der Waals surface area contributed by atoms with Crippen LogP contribution in [0.5, 0.6) is 0 Å². The minimum Gasteiger partial charge on any atom is -0.0654 e. The van der Waals surface area contributed by atoms with E-state index in [1.54, 1.807) is 0 Å². The first-order valence-corrected chi connectivity index (χ1v) is 15.6. The third-order valence-corrected chi connectivity index (χ3v) is 8.53. The average molecular weight is 573 g/mol. The van der Waals surface area contributed by atoms with Crippen LogP contribution in [0, 0.1) is 0 Å². The molecule has 2 heteroatoms. The molecular weight excluding hydrogens is 520 g/mol. The van der Waals surface area contributed by atoms with Gasteiger partial charge in [-0.1, -0.05) is 162 Å². The summed E-state index contributed by atoms with van der Waals surface area (Å²) in [5.41, 5.74) is 2.95. The first kappa shape index (κ1) is 30.2. The molecule has 0 nitrogen and oxygen atoms in total. The van der Waals surface area contributed by atoms with Crippen LogP contribution >= 0.6 is 31.9 Å². The van der Waals surface area contributed by atoms with Crippen molar-refractivity contribution in [2.45, 2.75) is 155 Å². The third kappa shape index (κ3) is 13.2. The fourth-order valence-corrected chi connectivity index (χ4v) is 6.32. The van der Waals surface area contributed by atoms with Gasteiger partial charge in [-0.05, 0) is 47.9 Å². The van der Waals surface area contributed by atoms with Gasteiger partial charge in [-0.25, -0.2) is 0 Å². The summed E-state index contributed by atoms with van der Waals surface area (Å²) < 4.78 is 2.62. The Labute approximate surface area is 218 Å². The molecule has 0 spiro atoms. The lowest BCUT2D eigenvalue weighted by atomic mass is 9.90. The van der Waals surface area contributed by atoms with E-state index in [9.17, 15) is 0 Å². The van der Waals surface area contributed by atoms with Gasteiger partial charge in [0.2, 0.25) is 0 Å². The van der Waals surface area contributed by atoms with Gasteiger partial charge in [-0.2, -0.15) is 0 Å². The Bertz CT molecular complexity index is 529. The molecule has 0 saturated carbocycles. The summed E-state index contributed by atoms with van der Waals surface area (Å²) in [5.74, 6) is 1.25. The van der Waals surface area contributed by atoms with Crippen molar-refractivity contribution in [1.82, 2.24) is 0 Å². The molecule has 1 aromatic rings. The minimum atomic E-state index is 0.623. The van der Waals surface area contributed by atoms with Gasteiger partial charge in [-0.15, -0.1) is 0 Å². The molecule has 2 unspecified atom stereocenters. The smallest absolute Gasteiger partial charge is 0.0213 e. The van der Waals surface area contributed by atoms with Gasteiger partial charge in [0.1, 0.15) is 0 Å². The zero-order valence-electron chi connectivity index (χ0n) is 21.8. The van der Waals surface area contributed by atoms with Gasteiger partial charge in [0, 0.05) is 8.95 Å². The molecule has 0 aliphatic rings. The fraction of sp³-hybridized carbons (Fsp3) is 0.800. The zero-order chi connectivity index (χ0) is 23.6. The molecule has 0 fully saturated rings. The van der Waals surface area contributed by atoms with Gasteiger partial charge in [0.15, 0.2) is 0 Å². The van der Waals surface area contributed by atoms with Crippen molar-refractivity contribution < 1.29 is 0 Å². The topological polar surface area (TPSA) is 0 Å². The Kier molecular flexibility index (Phi) is 18.4. The van der Waals surface area contributed by atoms with Gasteiger partial charge in [-0.3, -0.25) is 0 Å². The summed E-state index contributed by atoms with van der Waals surface area (Å²) in [6.07, 6.45) is 25.0. The lowest BCUT2D eigenvalue weighted by molar-refractivity contribution is 0.540. The van der Waals surface area contributed by atoms with Crippen LogP contribution in [-0.4, -0.2) is 0 Å². The van der Waals surface area contributed by atoms with Crippen molar-refractivity contribution in [3.05, 3.63) is 32.2 Å². The van der Waals surface area contributed by atoms with E-state index < -0.39 is 0 Å². The number of rotatable bonds is 20. The average Bonchev–Trinajstić information content (AvgIpc) is 2.78. The van der Waals surface area contributed by atoms with Crippen LogP contribution in [0.4, 0.5) is 0 Å². The third-order valence-electron chi connectivity index (χ3n) is 7.16. The van der Waals surface area contributed by atoms with E-state index in [0.717, 1.165) is 0 Å². The second-order valence-electron chi connectivity index (χ2n) is 10.2. The molecule has 0 heterocycles. The molecule has 2 atom stereocenters. The predicted octanol–water partition coefficient (Wildman–Crippen LogP) is 12.5. The molecule has 1 rings (SSSR count). The van der Waals surface area contributed by atoms with Crippen LogP contribution in [0.1, 0.15) is 166 Å². The maximum absolute atomic E-state index is 3.91. The number of benzene rings is 1. The van der Waals surface area contributed by atoms with Gasteiger partial charge < -0.3 is 0 Å². The van der Waals surface area contributed by atoms with Crippen molar-refractivity contribution in [2.24, 2.45) is 0 Å². The molecule has 0 saturated heterocycles. The second-order valence-corrected chi connectivity index (χ2v) is 11.9. The summed E-state index contributed by atoms with van der Waals surface area (Å²) in [6.45, 7) is 9.39. The predicted molar refractivity (Wildman–Crippen MR) is 153 cm³/mol. The Morgan fingerprint density at radius 3 is 1.09 bits per heavy atom. The highest BCUT2D eigenvalue weighted by Gasteiger charge is 2.16. The molecule has 0 bridgehead atoms. The van der Waals surface area contributed by atoms with Crippen molar-refractivity contribution in [1.29, 1.82) is 0 Å². The van der Waals surface area contributed by atoms with Crippen LogP contribution < -0.4 is 0 Å². The molecule has 0 aliphatic carbocycles. The molecule has 0 amide bonds. The molecule has 1 aromatic carbocycles. The van der Waals surface area contributed by atoms with Gasteiger partial charge in [0.25, 0.3) is 0 Å². The second kappa shape index (κ2) is 19.5. The van der Waals surface area contributed by atoms with Crippen LogP contribution in [0.25, 0.3) is 0 Å². The quantitative estimate of drug-likeness (QED) is 0.136. The maximum Gasteiger partial charge on any atom is 0.0213 e. The Morgan fingerprint density at radius 1 is 0.500 bits per heavy atom. The Morgan fingerprint density at radius 2 is 0.781 bits per heavy atom. The summed E-state index contributed by atoms with van der Waals surface area (Å²) in [5, 5.41) is 0.